The molecule has 1 unspecified atom stereocenters. The van der Waals surface area contributed by atoms with Gasteiger partial charge in [-0.3, -0.25) is 9.36 Å². The highest BCUT2D eigenvalue weighted by Crippen LogP contribution is 2.64. The van der Waals surface area contributed by atoms with Crippen LogP contribution in [0.4, 0.5) is 5.82 Å². The van der Waals surface area contributed by atoms with Gasteiger partial charge in [-0.05, 0) is 38.7 Å². The number of carbonyl (C=O) groups is 1. The van der Waals surface area contributed by atoms with Crippen LogP contribution in [0.1, 0.15) is 64.3 Å². The minimum atomic E-state index is -1.42. The van der Waals surface area contributed by atoms with E-state index in [4.69, 9.17) is 23.3 Å². The van der Waals surface area contributed by atoms with E-state index < -0.39 is 38.3 Å². The molecule has 230 valence electrons. The van der Waals surface area contributed by atoms with E-state index in [1.807, 2.05) is 25.1 Å². The summed E-state index contributed by atoms with van der Waals surface area (Å²) >= 11 is 0. The van der Waals surface area contributed by atoms with Crippen molar-refractivity contribution in [2.75, 3.05) is 32.2 Å². The summed E-state index contributed by atoms with van der Waals surface area (Å²) in [7, 11) is 0.198. The summed E-state index contributed by atoms with van der Waals surface area (Å²) < 4.78 is 35.5. The van der Waals surface area contributed by atoms with Crippen molar-refractivity contribution in [3.63, 3.8) is 0 Å². The Balaban J connectivity index is 1.43. The second kappa shape index (κ2) is 13.2. The fraction of sp³-hybridized carbons (Fsp3) is 0.633. The molecule has 5 rings (SSSR count). The maximum absolute atomic E-state index is 13.3. The molecule has 3 aliphatic rings. The third kappa shape index (κ3) is 6.06. The first-order valence-corrected chi connectivity index (χ1v) is 16.0. The maximum Gasteiger partial charge on any atom is 0.351 e. The highest BCUT2D eigenvalue weighted by atomic mass is 31.2. The number of amides is 1. The van der Waals surface area contributed by atoms with Crippen LogP contribution in [0.25, 0.3) is 0 Å². The molecule has 0 radical (unpaired) electrons. The van der Waals surface area contributed by atoms with Crippen molar-refractivity contribution in [1.82, 2.24) is 14.2 Å². The standard InChI is InChI=1S/C30H43N4O7P/c1-7-22-24(40-42-34-15-11-14-23(34)30(5,41-42)21-12-9-8-10-13-21)25(38-17-16-37-6)28(39-22)33-18-20(4)26(32-29(33)36)31-27(35)19(2)3/h8-10,12-13,18-19,22-25,28H,7,11,14-17H2,1-6H3,(H,31,32,35,36)/t22-,23+,24+,25?,28-,30-,42+/m1/s1. The van der Waals surface area contributed by atoms with Gasteiger partial charge in [0.1, 0.15) is 23.6 Å². The van der Waals surface area contributed by atoms with Crippen LogP contribution in [0.15, 0.2) is 41.3 Å². The zero-order valence-electron chi connectivity index (χ0n) is 25.3. The molecule has 2 aromatic rings. The SMILES string of the molecule is CC[C@H]1O[C@@H](n2cc(C)c(NC(=O)C(C)C)nc2=O)C(OCCOC)[C@H]1O[P@@]1O[C@](C)(c2ccccc2)[C@@H]2CCCN21. The van der Waals surface area contributed by atoms with Crippen molar-refractivity contribution in [2.45, 2.75) is 90.1 Å². The average Bonchev–Trinajstić information content (AvgIpc) is 3.67. The van der Waals surface area contributed by atoms with Gasteiger partial charge in [-0.1, -0.05) is 51.1 Å². The van der Waals surface area contributed by atoms with Crippen LogP contribution in [0.3, 0.4) is 0 Å². The Morgan fingerprint density at radius 2 is 2.00 bits per heavy atom. The first-order chi connectivity index (χ1) is 20.2. The summed E-state index contributed by atoms with van der Waals surface area (Å²) in [6.45, 7) is 11.1. The lowest BCUT2D eigenvalue weighted by molar-refractivity contribution is -0.118. The smallest absolute Gasteiger partial charge is 0.351 e. The van der Waals surface area contributed by atoms with E-state index in [0.29, 0.717) is 25.2 Å². The predicted molar refractivity (Wildman–Crippen MR) is 159 cm³/mol. The van der Waals surface area contributed by atoms with Gasteiger partial charge in [0.15, 0.2) is 6.23 Å². The van der Waals surface area contributed by atoms with Gasteiger partial charge in [0, 0.05) is 31.3 Å². The van der Waals surface area contributed by atoms with Gasteiger partial charge in [-0.25, -0.2) is 9.46 Å². The molecule has 4 heterocycles. The van der Waals surface area contributed by atoms with E-state index in [2.05, 4.69) is 34.0 Å². The number of carbonyl (C=O) groups excluding carboxylic acids is 1. The number of methoxy groups -OCH3 is 1. The highest BCUT2D eigenvalue weighted by Gasteiger charge is 2.57. The number of hydrogen-bond acceptors (Lipinski definition) is 9. The van der Waals surface area contributed by atoms with Crippen LogP contribution in [-0.2, 0) is 33.7 Å². The number of ether oxygens (including phenoxy) is 3. The summed E-state index contributed by atoms with van der Waals surface area (Å²) in [4.78, 5) is 29.8. The van der Waals surface area contributed by atoms with E-state index in [1.54, 1.807) is 34.1 Å². The molecule has 1 amide bonds. The third-order valence-corrected chi connectivity index (χ3v) is 10.2. The first kappa shape index (κ1) is 31.2. The van der Waals surface area contributed by atoms with Gasteiger partial charge in [0.25, 0.3) is 8.53 Å². The Labute approximate surface area is 248 Å². The van der Waals surface area contributed by atoms with Crippen molar-refractivity contribution < 1.29 is 28.1 Å². The average molecular weight is 603 g/mol. The molecule has 0 bridgehead atoms. The van der Waals surface area contributed by atoms with Crippen molar-refractivity contribution in [3.05, 3.63) is 58.1 Å². The van der Waals surface area contributed by atoms with Crippen molar-refractivity contribution in [1.29, 1.82) is 0 Å². The molecule has 3 aliphatic heterocycles. The van der Waals surface area contributed by atoms with Crippen LogP contribution in [0, 0.1) is 12.8 Å². The summed E-state index contributed by atoms with van der Waals surface area (Å²) in [5.74, 6) is -0.207. The van der Waals surface area contributed by atoms with Gasteiger partial charge in [0.2, 0.25) is 5.91 Å². The third-order valence-electron chi connectivity index (χ3n) is 8.36. The fourth-order valence-electron chi connectivity index (χ4n) is 5.95. The molecule has 0 aliphatic carbocycles. The number of nitrogens with one attached hydrogen (secondary N) is 1. The molecular formula is C30H43N4O7P. The molecule has 1 aromatic carbocycles. The Bertz CT molecular complexity index is 1290. The number of nitrogens with zero attached hydrogens (tertiary/aromatic N) is 3. The normalized spacial score (nSPS) is 31.1. The second-order valence-electron chi connectivity index (χ2n) is 11.6. The number of aromatic nitrogens is 2. The van der Waals surface area contributed by atoms with Gasteiger partial charge in [-0.2, -0.15) is 4.98 Å². The van der Waals surface area contributed by atoms with Crippen LogP contribution in [0.5, 0.6) is 0 Å². The fourth-order valence-corrected chi connectivity index (χ4v) is 8.10. The number of aryl methyl sites for hydroxylation is 1. The quantitative estimate of drug-likeness (QED) is 0.293. The lowest BCUT2D eigenvalue weighted by atomic mass is 9.87. The number of anilines is 1. The predicted octanol–water partition coefficient (Wildman–Crippen LogP) is 4.51. The lowest BCUT2D eigenvalue weighted by Gasteiger charge is -2.29. The summed E-state index contributed by atoms with van der Waals surface area (Å²) in [5, 5.41) is 2.74. The Hall–Kier alpha value is -2.24. The van der Waals surface area contributed by atoms with Crippen LogP contribution >= 0.6 is 8.53 Å². The van der Waals surface area contributed by atoms with Crippen LogP contribution in [-0.4, -0.2) is 71.4 Å². The molecule has 42 heavy (non-hydrogen) atoms. The first-order valence-electron chi connectivity index (χ1n) is 14.8. The zero-order valence-corrected chi connectivity index (χ0v) is 26.2. The minimum absolute atomic E-state index is 0.207. The van der Waals surface area contributed by atoms with Gasteiger partial charge < -0.3 is 28.6 Å². The molecule has 11 nitrogen and oxygen atoms in total. The van der Waals surface area contributed by atoms with Crippen molar-refractivity contribution in [3.8, 4) is 0 Å². The molecule has 0 saturated carbocycles. The van der Waals surface area contributed by atoms with E-state index in [-0.39, 0.29) is 29.8 Å². The largest absolute Gasteiger partial charge is 0.382 e. The zero-order chi connectivity index (χ0) is 30.0. The molecular weight excluding hydrogens is 559 g/mol. The molecule has 7 atom stereocenters. The Morgan fingerprint density at radius 1 is 1.24 bits per heavy atom. The van der Waals surface area contributed by atoms with E-state index >= 15 is 0 Å². The molecule has 1 aromatic heterocycles. The summed E-state index contributed by atoms with van der Waals surface area (Å²) in [6.07, 6.45) is 2.19. The number of rotatable bonds is 11. The Morgan fingerprint density at radius 3 is 2.69 bits per heavy atom. The maximum atomic E-state index is 13.3. The van der Waals surface area contributed by atoms with E-state index in [9.17, 15) is 9.59 Å². The van der Waals surface area contributed by atoms with Gasteiger partial charge in [0.05, 0.1) is 25.4 Å². The number of benzene rings is 1. The number of fused-ring (bicyclic) bond motifs is 1. The highest BCUT2D eigenvalue weighted by molar-refractivity contribution is 7.45. The molecule has 1 N–H and O–H groups in total. The van der Waals surface area contributed by atoms with Crippen LogP contribution in [0.2, 0.25) is 0 Å². The summed E-state index contributed by atoms with van der Waals surface area (Å²) in [6, 6.07) is 10.5. The Kier molecular flexibility index (Phi) is 9.79. The second-order valence-corrected chi connectivity index (χ2v) is 13.0. The van der Waals surface area contributed by atoms with E-state index in [0.717, 1.165) is 24.9 Å². The topological polar surface area (TPSA) is 113 Å². The van der Waals surface area contributed by atoms with Gasteiger partial charge >= 0.3 is 5.69 Å². The van der Waals surface area contributed by atoms with Crippen LogP contribution < -0.4 is 11.0 Å². The number of hydrogen-bond donors (Lipinski definition) is 1. The van der Waals surface area contributed by atoms with Crippen molar-refractivity contribution >= 4 is 20.3 Å². The molecule has 3 fully saturated rings. The van der Waals surface area contributed by atoms with Gasteiger partial charge in [-0.15, -0.1) is 0 Å². The lowest BCUT2D eigenvalue weighted by Crippen LogP contribution is -2.40. The van der Waals surface area contributed by atoms with E-state index in [1.165, 1.54) is 4.57 Å². The monoisotopic (exact) mass is 602 g/mol. The molecule has 0 spiro atoms. The minimum Gasteiger partial charge on any atom is -0.382 e. The van der Waals surface area contributed by atoms with Crippen molar-refractivity contribution in [2.24, 2.45) is 5.92 Å². The molecule has 12 heteroatoms. The summed E-state index contributed by atoms with van der Waals surface area (Å²) in [5.41, 5.74) is 0.737. The molecule has 3 saturated heterocycles.